The summed E-state index contributed by atoms with van der Waals surface area (Å²) in [6, 6.07) is 10.1. The van der Waals surface area contributed by atoms with Crippen LogP contribution >= 0.6 is 0 Å². The first kappa shape index (κ1) is 13.9. The average Bonchev–Trinajstić information content (AvgIpc) is 2.49. The molecule has 1 saturated heterocycles. The van der Waals surface area contributed by atoms with Gasteiger partial charge in [-0.25, -0.2) is 0 Å². The lowest BCUT2D eigenvalue weighted by molar-refractivity contribution is -0.137. The van der Waals surface area contributed by atoms with Gasteiger partial charge >= 0.3 is 5.97 Å². The van der Waals surface area contributed by atoms with Crippen molar-refractivity contribution < 1.29 is 9.90 Å². The Labute approximate surface area is 114 Å². The van der Waals surface area contributed by atoms with Crippen molar-refractivity contribution in [1.29, 1.82) is 0 Å². The average molecular weight is 262 g/mol. The molecular weight excluding hydrogens is 240 g/mol. The summed E-state index contributed by atoms with van der Waals surface area (Å²) >= 11 is 0. The topological polar surface area (TPSA) is 52.6 Å². The van der Waals surface area contributed by atoms with Crippen molar-refractivity contribution in [3.8, 4) is 0 Å². The number of anilines is 1. The zero-order chi connectivity index (χ0) is 13.9. The summed E-state index contributed by atoms with van der Waals surface area (Å²) in [4.78, 5) is 13.3. The first-order valence-electron chi connectivity index (χ1n) is 6.72. The number of carbonyl (C=O) groups is 1. The maximum atomic E-state index is 11.1. The number of carboxylic acids is 1. The molecule has 1 aromatic rings. The molecule has 1 aliphatic heterocycles. The maximum Gasteiger partial charge on any atom is 0.305 e. The van der Waals surface area contributed by atoms with Crippen molar-refractivity contribution >= 4 is 11.7 Å². The second-order valence-corrected chi connectivity index (χ2v) is 6.01. The van der Waals surface area contributed by atoms with E-state index in [0.29, 0.717) is 6.54 Å². The Morgan fingerprint density at radius 3 is 2.74 bits per heavy atom. The highest BCUT2D eigenvalue weighted by Crippen LogP contribution is 2.26. The number of hydrogen-bond acceptors (Lipinski definition) is 3. The van der Waals surface area contributed by atoms with Gasteiger partial charge in [0.1, 0.15) is 0 Å². The molecule has 1 heterocycles. The van der Waals surface area contributed by atoms with Gasteiger partial charge in [0.15, 0.2) is 0 Å². The van der Waals surface area contributed by atoms with E-state index in [1.165, 1.54) is 0 Å². The van der Waals surface area contributed by atoms with Gasteiger partial charge in [0.25, 0.3) is 0 Å². The van der Waals surface area contributed by atoms with Crippen molar-refractivity contribution in [2.24, 2.45) is 5.41 Å². The molecule has 4 nitrogen and oxygen atoms in total. The molecular formula is C15H22N2O2. The minimum Gasteiger partial charge on any atom is -0.481 e. The molecule has 1 unspecified atom stereocenters. The smallest absolute Gasteiger partial charge is 0.305 e. The lowest BCUT2D eigenvalue weighted by Gasteiger charge is -2.35. The van der Waals surface area contributed by atoms with Crippen molar-refractivity contribution in [2.45, 2.75) is 26.3 Å². The van der Waals surface area contributed by atoms with E-state index in [4.69, 9.17) is 5.11 Å². The Bertz CT molecular complexity index is 431. The first-order chi connectivity index (χ1) is 8.98. The summed E-state index contributed by atoms with van der Waals surface area (Å²) in [5.41, 5.74) is 1.23. The molecule has 19 heavy (non-hydrogen) atoms. The summed E-state index contributed by atoms with van der Waals surface area (Å²) in [6.07, 6.45) is 0.165. The van der Waals surface area contributed by atoms with Gasteiger partial charge in [0, 0.05) is 25.3 Å². The Morgan fingerprint density at radius 1 is 1.42 bits per heavy atom. The highest BCUT2D eigenvalue weighted by molar-refractivity contribution is 5.68. The van der Waals surface area contributed by atoms with Gasteiger partial charge in [0.2, 0.25) is 0 Å². The minimum atomic E-state index is -0.743. The largest absolute Gasteiger partial charge is 0.481 e. The Hall–Kier alpha value is -1.55. The number of benzene rings is 1. The van der Waals surface area contributed by atoms with E-state index >= 15 is 0 Å². The SMILES string of the molecule is CC1(C)CNCC(CC(=O)O)N(c2ccccc2)C1. The van der Waals surface area contributed by atoms with Crippen LogP contribution in [0.5, 0.6) is 0 Å². The Balaban J connectivity index is 2.27. The Morgan fingerprint density at radius 2 is 2.11 bits per heavy atom. The van der Waals surface area contributed by atoms with Crippen molar-refractivity contribution in [3.63, 3.8) is 0 Å². The van der Waals surface area contributed by atoms with E-state index in [-0.39, 0.29) is 17.9 Å². The van der Waals surface area contributed by atoms with Crippen LogP contribution in [0.1, 0.15) is 20.3 Å². The standard InChI is InChI=1S/C15H22N2O2/c1-15(2)10-16-9-13(8-14(18)19)17(11-15)12-6-4-3-5-7-12/h3-7,13,16H,8-11H2,1-2H3,(H,18,19). The second kappa shape index (κ2) is 5.61. The van der Waals surface area contributed by atoms with Crippen LogP contribution in [0.3, 0.4) is 0 Å². The molecule has 2 N–H and O–H groups in total. The summed E-state index contributed by atoms with van der Waals surface area (Å²) < 4.78 is 0. The van der Waals surface area contributed by atoms with E-state index in [1.807, 2.05) is 18.2 Å². The molecule has 0 bridgehead atoms. The van der Waals surface area contributed by atoms with Crippen LogP contribution in [0.4, 0.5) is 5.69 Å². The molecule has 1 aliphatic rings. The van der Waals surface area contributed by atoms with Gasteiger partial charge in [-0.3, -0.25) is 4.79 Å². The van der Waals surface area contributed by atoms with Crippen LogP contribution in [0.25, 0.3) is 0 Å². The van der Waals surface area contributed by atoms with Crippen molar-refractivity contribution in [1.82, 2.24) is 5.32 Å². The molecule has 0 aliphatic carbocycles. The summed E-state index contributed by atoms with van der Waals surface area (Å²) in [5.74, 6) is -0.743. The number of carboxylic acid groups (broad SMARTS) is 1. The monoisotopic (exact) mass is 262 g/mol. The molecule has 0 radical (unpaired) electrons. The third kappa shape index (κ3) is 3.70. The van der Waals surface area contributed by atoms with Crippen molar-refractivity contribution in [3.05, 3.63) is 30.3 Å². The molecule has 0 saturated carbocycles. The van der Waals surface area contributed by atoms with Gasteiger partial charge in [-0.15, -0.1) is 0 Å². The van der Waals surface area contributed by atoms with Crippen LogP contribution < -0.4 is 10.2 Å². The number of rotatable bonds is 3. The summed E-state index contributed by atoms with van der Waals surface area (Å²) in [7, 11) is 0. The fourth-order valence-electron chi connectivity index (χ4n) is 2.64. The molecule has 1 atom stereocenters. The van der Waals surface area contributed by atoms with E-state index in [0.717, 1.165) is 18.8 Å². The number of para-hydroxylation sites is 1. The molecule has 0 amide bonds. The molecule has 0 aromatic heterocycles. The van der Waals surface area contributed by atoms with Crippen molar-refractivity contribution in [2.75, 3.05) is 24.5 Å². The molecule has 1 fully saturated rings. The highest BCUT2D eigenvalue weighted by Gasteiger charge is 2.31. The van der Waals surface area contributed by atoms with Crippen LogP contribution in [0.2, 0.25) is 0 Å². The fourth-order valence-corrected chi connectivity index (χ4v) is 2.64. The van der Waals surface area contributed by atoms with Crippen LogP contribution in [0.15, 0.2) is 30.3 Å². The predicted molar refractivity (Wildman–Crippen MR) is 76.5 cm³/mol. The fraction of sp³-hybridized carbons (Fsp3) is 0.533. The lowest BCUT2D eigenvalue weighted by Crippen LogP contribution is -2.43. The first-order valence-corrected chi connectivity index (χ1v) is 6.72. The zero-order valence-electron chi connectivity index (χ0n) is 11.6. The van der Waals surface area contributed by atoms with Gasteiger partial charge in [-0.05, 0) is 17.5 Å². The predicted octanol–water partition coefficient (Wildman–Crippen LogP) is 1.97. The molecule has 0 spiro atoms. The second-order valence-electron chi connectivity index (χ2n) is 6.01. The normalized spacial score (nSPS) is 22.8. The van der Waals surface area contributed by atoms with Crippen LogP contribution in [-0.4, -0.2) is 36.8 Å². The summed E-state index contributed by atoms with van der Waals surface area (Å²) in [5, 5.41) is 12.5. The quantitative estimate of drug-likeness (QED) is 0.874. The maximum absolute atomic E-state index is 11.1. The van der Waals surface area contributed by atoms with Crippen LogP contribution in [-0.2, 0) is 4.79 Å². The highest BCUT2D eigenvalue weighted by atomic mass is 16.4. The zero-order valence-corrected chi connectivity index (χ0v) is 11.6. The number of nitrogens with zero attached hydrogens (tertiary/aromatic N) is 1. The third-order valence-corrected chi connectivity index (χ3v) is 3.52. The van der Waals surface area contributed by atoms with E-state index < -0.39 is 5.97 Å². The molecule has 104 valence electrons. The molecule has 2 rings (SSSR count). The van der Waals surface area contributed by atoms with E-state index in [9.17, 15) is 4.79 Å². The van der Waals surface area contributed by atoms with Crippen LogP contribution in [0, 0.1) is 5.41 Å². The molecule has 1 aromatic carbocycles. The van der Waals surface area contributed by atoms with Gasteiger partial charge in [-0.2, -0.15) is 0 Å². The Kier molecular flexibility index (Phi) is 4.10. The number of nitrogens with one attached hydrogen (secondary N) is 1. The molecule has 4 heteroatoms. The minimum absolute atomic E-state index is 0.00155. The number of hydrogen-bond donors (Lipinski definition) is 2. The van der Waals surface area contributed by atoms with Gasteiger partial charge in [0.05, 0.1) is 12.5 Å². The summed E-state index contributed by atoms with van der Waals surface area (Å²) in [6.45, 7) is 6.90. The third-order valence-electron chi connectivity index (χ3n) is 3.52. The van der Waals surface area contributed by atoms with Gasteiger partial charge < -0.3 is 15.3 Å². The number of aliphatic carboxylic acids is 1. The van der Waals surface area contributed by atoms with E-state index in [2.05, 4.69) is 36.2 Å². The van der Waals surface area contributed by atoms with Gasteiger partial charge in [-0.1, -0.05) is 32.0 Å². The lowest BCUT2D eigenvalue weighted by atomic mass is 9.92. The van der Waals surface area contributed by atoms with E-state index in [1.54, 1.807) is 0 Å².